The van der Waals surface area contributed by atoms with Crippen molar-refractivity contribution in [2.45, 2.75) is 59.8 Å². The van der Waals surface area contributed by atoms with Crippen LogP contribution in [0.3, 0.4) is 0 Å². The van der Waals surface area contributed by atoms with Crippen LogP contribution in [0.2, 0.25) is 0 Å². The molecule has 39 heavy (non-hydrogen) atoms. The van der Waals surface area contributed by atoms with Gasteiger partial charge in [0, 0.05) is 11.1 Å². The standard InChI is InChI=1S/C32H40NO4.2CH4/c1-33(2,3)29-19-15-26(16-20-29)25-31(34)37-24-12-7-5-4-6-11-23-36-30-21-17-28(18-22-30)32(35)27-13-9-8-10-14-27;;/h8-10,13-22H,4-7,11-12,23-25H2,1-3H3;2*1H4/q+1;;. The van der Waals surface area contributed by atoms with Crippen LogP contribution in [-0.4, -0.2) is 46.1 Å². The van der Waals surface area contributed by atoms with Crippen LogP contribution in [0.25, 0.3) is 0 Å². The number of carbonyl (C=O) groups excluding carboxylic acids is 2. The molecular weight excluding hydrogens is 486 g/mol. The van der Waals surface area contributed by atoms with Crippen molar-refractivity contribution in [1.29, 1.82) is 0 Å². The van der Waals surface area contributed by atoms with E-state index in [1.165, 1.54) is 5.69 Å². The van der Waals surface area contributed by atoms with Gasteiger partial charge in [-0.3, -0.25) is 14.1 Å². The number of quaternary nitrogens is 1. The van der Waals surface area contributed by atoms with Gasteiger partial charge in [-0.25, -0.2) is 0 Å². The van der Waals surface area contributed by atoms with Gasteiger partial charge in [-0.1, -0.05) is 83.0 Å². The van der Waals surface area contributed by atoms with Gasteiger partial charge in [0.2, 0.25) is 0 Å². The second-order valence-corrected chi connectivity index (χ2v) is 10.3. The van der Waals surface area contributed by atoms with Crippen LogP contribution in [0.1, 0.15) is 74.9 Å². The van der Waals surface area contributed by atoms with Crippen molar-refractivity contribution >= 4 is 17.4 Å². The molecule has 0 spiro atoms. The van der Waals surface area contributed by atoms with E-state index >= 15 is 0 Å². The van der Waals surface area contributed by atoms with Gasteiger partial charge in [0.05, 0.1) is 40.8 Å². The van der Waals surface area contributed by atoms with Gasteiger partial charge in [0.25, 0.3) is 0 Å². The molecule has 212 valence electrons. The number of esters is 1. The third kappa shape index (κ3) is 11.9. The highest BCUT2D eigenvalue weighted by molar-refractivity contribution is 6.08. The maximum Gasteiger partial charge on any atom is 0.310 e. The summed E-state index contributed by atoms with van der Waals surface area (Å²) < 4.78 is 12.0. The number of unbranched alkanes of at least 4 members (excludes halogenated alkanes) is 5. The molecular formula is C34H48NO4+. The normalized spacial score (nSPS) is 10.6. The molecule has 0 aliphatic carbocycles. The highest BCUT2D eigenvalue weighted by Gasteiger charge is 2.12. The highest BCUT2D eigenvalue weighted by Crippen LogP contribution is 2.18. The van der Waals surface area contributed by atoms with Crippen LogP contribution in [0.15, 0.2) is 78.9 Å². The van der Waals surface area contributed by atoms with Crippen molar-refractivity contribution in [3.63, 3.8) is 0 Å². The fourth-order valence-electron chi connectivity index (χ4n) is 4.02. The minimum Gasteiger partial charge on any atom is -0.494 e. The molecule has 0 unspecified atom stereocenters. The molecule has 0 saturated heterocycles. The molecule has 3 aromatic carbocycles. The first-order valence-electron chi connectivity index (χ1n) is 13.2. The Hall–Kier alpha value is -3.44. The quantitative estimate of drug-likeness (QED) is 0.0861. The Labute approximate surface area is 236 Å². The van der Waals surface area contributed by atoms with Gasteiger partial charge < -0.3 is 9.47 Å². The second kappa shape index (κ2) is 17.2. The lowest BCUT2D eigenvalue weighted by Gasteiger charge is -2.23. The molecule has 5 nitrogen and oxygen atoms in total. The Morgan fingerprint density at radius 1 is 0.641 bits per heavy atom. The van der Waals surface area contributed by atoms with Crippen molar-refractivity contribution in [3.05, 3.63) is 95.6 Å². The molecule has 3 aromatic rings. The van der Waals surface area contributed by atoms with Gasteiger partial charge in [0.15, 0.2) is 5.78 Å². The summed E-state index contributed by atoms with van der Waals surface area (Å²) in [6.45, 7) is 1.15. The van der Waals surface area contributed by atoms with Crippen molar-refractivity contribution in [1.82, 2.24) is 4.48 Å². The first kappa shape index (κ1) is 33.6. The van der Waals surface area contributed by atoms with Crippen LogP contribution in [0, 0.1) is 0 Å². The fourth-order valence-corrected chi connectivity index (χ4v) is 4.02. The molecule has 0 heterocycles. The number of ether oxygens (including phenoxy) is 2. The van der Waals surface area contributed by atoms with Gasteiger partial charge in [-0.2, -0.15) is 0 Å². The molecule has 3 rings (SSSR count). The Morgan fingerprint density at radius 2 is 1.18 bits per heavy atom. The number of benzene rings is 3. The average Bonchev–Trinajstić information content (AvgIpc) is 2.90. The summed E-state index contributed by atoms with van der Waals surface area (Å²) in [6.07, 6.45) is 6.64. The predicted octanol–water partition coefficient (Wildman–Crippen LogP) is 7.89. The third-order valence-electron chi connectivity index (χ3n) is 6.28. The monoisotopic (exact) mass is 534 g/mol. The Kier molecular flexibility index (Phi) is 14.8. The lowest BCUT2D eigenvalue weighted by atomic mass is 10.0. The Balaban J connectivity index is 0.00000380. The largest absolute Gasteiger partial charge is 0.494 e. The smallest absolute Gasteiger partial charge is 0.310 e. The number of ketones is 1. The molecule has 0 atom stereocenters. The summed E-state index contributed by atoms with van der Waals surface area (Å²) in [5.74, 6) is 0.649. The zero-order valence-electron chi connectivity index (χ0n) is 22.4. The third-order valence-corrected chi connectivity index (χ3v) is 6.28. The summed E-state index contributed by atoms with van der Waals surface area (Å²) in [6, 6.07) is 24.8. The van der Waals surface area contributed by atoms with E-state index in [4.69, 9.17) is 9.47 Å². The highest BCUT2D eigenvalue weighted by atomic mass is 16.5. The molecule has 0 aromatic heterocycles. The van der Waals surface area contributed by atoms with Gasteiger partial charge in [0.1, 0.15) is 11.4 Å². The molecule has 0 aliphatic heterocycles. The minimum absolute atomic E-state index is 0. The zero-order chi connectivity index (χ0) is 26.5. The van der Waals surface area contributed by atoms with E-state index in [0.717, 1.165) is 54.3 Å². The summed E-state index contributed by atoms with van der Waals surface area (Å²) in [4.78, 5) is 24.5. The Bertz CT molecular complexity index is 1100. The second-order valence-electron chi connectivity index (χ2n) is 10.3. The number of hydrogen-bond donors (Lipinski definition) is 0. The molecule has 0 N–H and O–H groups in total. The summed E-state index contributed by atoms with van der Waals surface area (Å²) in [5, 5.41) is 0. The number of carbonyl (C=O) groups is 2. The van der Waals surface area contributed by atoms with E-state index in [1.807, 2.05) is 66.7 Å². The molecule has 0 amide bonds. The van der Waals surface area contributed by atoms with Crippen LogP contribution < -0.4 is 9.22 Å². The van der Waals surface area contributed by atoms with E-state index in [9.17, 15) is 9.59 Å². The van der Waals surface area contributed by atoms with Crippen LogP contribution in [0.5, 0.6) is 5.75 Å². The van der Waals surface area contributed by atoms with Crippen LogP contribution >= 0.6 is 0 Å². The van der Waals surface area contributed by atoms with Crippen molar-refractivity contribution < 1.29 is 19.1 Å². The lowest BCUT2D eigenvalue weighted by molar-refractivity contribution is -0.142. The van der Waals surface area contributed by atoms with E-state index in [0.29, 0.717) is 30.8 Å². The molecule has 0 radical (unpaired) electrons. The molecule has 0 saturated carbocycles. The van der Waals surface area contributed by atoms with Gasteiger partial charge in [-0.05, 0) is 54.8 Å². The first-order valence-corrected chi connectivity index (χ1v) is 13.2. The van der Waals surface area contributed by atoms with Crippen molar-refractivity contribution in [3.8, 4) is 5.75 Å². The number of nitrogens with zero attached hydrogens (tertiary/aromatic N) is 1. The summed E-state index contributed by atoms with van der Waals surface area (Å²) >= 11 is 0. The molecule has 5 heteroatoms. The maximum absolute atomic E-state index is 12.5. The van der Waals surface area contributed by atoms with Gasteiger partial charge in [-0.15, -0.1) is 0 Å². The number of hydrogen-bond acceptors (Lipinski definition) is 4. The minimum atomic E-state index is -0.160. The van der Waals surface area contributed by atoms with E-state index < -0.39 is 0 Å². The average molecular weight is 535 g/mol. The maximum atomic E-state index is 12.5. The topological polar surface area (TPSA) is 52.6 Å². The zero-order valence-corrected chi connectivity index (χ0v) is 22.4. The molecule has 0 fully saturated rings. The fraction of sp³-hybridized carbons (Fsp3) is 0.412. The number of rotatable bonds is 15. The van der Waals surface area contributed by atoms with Crippen LogP contribution in [-0.2, 0) is 16.0 Å². The first-order chi connectivity index (χ1) is 17.8. The van der Waals surface area contributed by atoms with Crippen LogP contribution in [0.4, 0.5) is 5.69 Å². The Morgan fingerprint density at radius 3 is 1.77 bits per heavy atom. The SMILES string of the molecule is C.C.C[N+](C)(C)c1ccc(CC(=O)OCCCCCCCCOc2ccc(C(=O)c3ccccc3)cc2)cc1. The van der Waals surface area contributed by atoms with E-state index in [2.05, 4.69) is 33.3 Å². The molecule has 0 aliphatic rings. The van der Waals surface area contributed by atoms with Gasteiger partial charge >= 0.3 is 5.97 Å². The predicted molar refractivity (Wildman–Crippen MR) is 164 cm³/mol. The van der Waals surface area contributed by atoms with Crippen molar-refractivity contribution in [2.75, 3.05) is 34.4 Å². The lowest BCUT2D eigenvalue weighted by Crippen LogP contribution is -2.34. The van der Waals surface area contributed by atoms with Crippen molar-refractivity contribution in [2.24, 2.45) is 0 Å². The van der Waals surface area contributed by atoms with E-state index in [-0.39, 0.29) is 26.6 Å². The summed E-state index contributed by atoms with van der Waals surface area (Å²) in [5.41, 5.74) is 3.55. The molecule has 0 bridgehead atoms. The summed E-state index contributed by atoms with van der Waals surface area (Å²) in [7, 11) is 6.36. The van der Waals surface area contributed by atoms with E-state index in [1.54, 1.807) is 0 Å².